The zero-order chi connectivity index (χ0) is 11.2. The summed E-state index contributed by atoms with van der Waals surface area (Å²) in [5.41, 5.74) is 1.44. The number of aromatic amines is 1. The zero-order valence-corrected chi connectivity index (χ0v) is 13.6. The van der Waals surface area contributed by atoms with E-state index in [0.29, 0.717) is 31.6 Å². The first kappa shape index (κ1) is 14.1. The molecule has 0 unspecified atom stereocenters. The van der Waals surface area contributed by atoms with E-state index in [1.807, 2.05) is 0 Å². The van der Waals surface area contributed by atoms with Gasteiger partial charge >= 0.3 is 51.4 Å². The summed E-state index contributed by atoms with van der Waals surface area (Å²) in [6.45, 7) is 1.19. The summed E-state index contributed by atoms with van der Waals surface area (Å²) >= 11 is 4.88. The fourth-order valence-corrected chi connectivity index (χ4v) is 2.52. The smallest absolute Gasteiger partial charge is 0.860 e. The fraction of sp³-hybridized carbons (Fsp3) is 0.600. The second-order valence-electron chi connectivity index (χ2n) is 4.08. The SMILES string of the molecule is [K+].[O-]c1[nH]c(=S)nc2c1CC1(CC2)OCCO1. The van der Waals surface area contributed by atoms with Crippen molar-refractivity contribution in [3.8, 4) is 5.88 Å². The molecular formula is C10H11KN2O3S. The predicted octanol–water partition coefficient (Wildman–Crippen LogP) is -2.55. The molecule has 1 fully saturated rings. The van der Waals surface area contributed by atoms with E-state index in [1.54, 1.807) is 0 Å². The molecule has 0 atom stereocenters. The first-order valence-corrected chi connectivity index (χ1v) is 5.66. The van der Waals surface area contributed by atoms with Gasteiger partial charge in [0.25, 0.3) is 0 Å². The molecule has 1 N–H and O–H groups in total. The molecule has 17 heavy (non-hydrogen) atoms. The van der Waals surface area contributed by atoms with E-state index in [-0.39, 0.29) is 62.0 Å². The van der Waals surface area contributed by atoms with Crippen molar-refractivity contribution in [2.24, 2.45) is 0 Å². The van der Waals surface area contributed by atoms with Crippen LogP contribution in [0.25, 0.3) is 0 Å². The van der Waals surface area contributed by atoms with E-state index in [1.165, 1.54) is 0 Å². The number of nitrogens with zero attached hydrogens (tertiary/aromatic N) is 1. The van der Waals surface area contributed by atoms with Crippen LogP contribution in [-0.2, 0) is 22.3 Å². The van der Waals surface area contributed by atoms with Gasteiger partial charge in [-0.1, -0.05) is 0 Å². The molecule has 0 aromatic carbocycles. The molecule has 1 saturated heterocycles. The van der Waals surface area contributed by atoms with Gasteiger partial charge in [-0.2, -0.15) is 0 Å². The van der Waals surface area contributed by atoms with Crippen LogP contribution in [0.4, 0.5) is 0 Å². The number of nitrogens with one attached hydrogen (secondary N) is 1. The van der Waals surface area contributed by atoms with E-state index < -0.39 is 5.79 Å². The molecule has 7 heteroatoms. The van der Waals surface area contributed by atoms with Crippen molar-refractivity contribution in [3.63, 3.8) is 0 Å². The predicted molar refractivity (Wildman–Crippen MR) is 55.5 cm³/mol. The van der Waals surface area contributed by atoms with Gasteiger partial charge in [0.1, 0.15) is 0 Å². The first-order valence-electron chi connectivity index (χ1n) is 5.26. The number of hydrogen-bond donors (Lipinski definition) is 1. The molecule has 1 aliphatic carbocycles. The quantitative estimate of drug-likeness (QED) is 0.418. The molecule has 2 aliphatic rings. The summed E-state index contributed by atoms with van der Waals surface area (Å²) in [5, 5.41) is 11.8. The number of rotatable bonds is 0. The van der Waals surface area contributed by atoms with Crippen molar-refractivity contribution in [3.05, 3.63) is 16.0 Å². The third kappa shape index (κ3) is 2.66. The molecule has 3 rings (SSSR count). The summed E-state index contributed by atoms with van der Waals surface area (Å²) in [7, 11) is 0. The van der Waals surface area contributed by atoms with Crippen LogP contribution in [0.2, 0.25) is 0 Å². The van der Waals surface area contributed by atoms with Gasteiger partial charge in [0.05, 0.1) is 13.2 Å². The Morgan fingerprint density at radius 1 is 1.35 bits per heavy atom. The Hall–Kier alpha value is 0.656. The van der Waals surface area contributed by atoms with Gasteiger partial charge < -0.3 is 19.6 Å². The topological polar surface area (TPSA) is 70.2 Å². The molecule has 0 bridgehead atoms. The van der Waals surface area contributed by atoms with Crippen molar-refractivity contribution in [1.82, 2.24) is 9.97 Å². The van der Waals surface area contributed by atoms with Gasteiger partial charge in [-0.05, 0) is 30.1 Å². The van der Waals surface area contributed by atoms with E-state index >= 15 is 0 Å². The molecule has 0 saturated carbocycles. The Labute approximate surface area is 146 Å². The van der Waals surface area contributed by atoms with Crippen LogP contribution in [0, 0.1) is 4.77 Å². The van der Waals surface area contributed by atoms with E-state index in [9.17, 15) is 5.11 Å². The zero-order valence-electron chi connectivity index (χ0n) is 9.62. The summed E-state index contributed by atoms with van der Waals surface area (Å²) in [5.74, 6) is -0.752. The number of aromatic nitrogens is 2. The van der Waals surface area contributed by atoms with Crippen LogP contribution in [0.3, 0.4) is 0 Å². The van der Waals surface area contributed by atoms with Crippen LogP contribution < -0.4 is 56.5 Å². The van der Waals surface area contributed by atoms with Crippen LogP contribution in [-0.4, -0.2) is 29.0 Å². The standard InChI is InChI=1S/C10H12N2O3S.K/c13-8-6-5-10(14-3-4-15-10)2-1-7(6)11-9(16)12-8;/h1-5H2,(H2,11,12,13,16);/q;+1/p-1. The van der Waals surface area contributed by atoms with Crippen LogP contribution in [0.15, 0.2) is 0 Å². The molecule has 1 aliphatic heterocycles. The average Bonchev–Trinajstić information content (AvgIpc) is 2.68. The minimum absolute atomic E-state index is 0. The molecular weight excluding hydrogens is 267 g/mol. The molecule has 0 amide bonds. The maximum atomic E-state index is 11.8. The summed E-state index contributed by atoms with van der Waals surface area (Å²) in [6.07, 6.45) is 1.90. The number of hydrogen-bond acceptors (Lipinski definition) is 5. The maximum absolute atomic E-state index is 11.8. The van der Waals surface area contributed by atoms with Crippen LogP contribution in [0.5, 0.6) is 5.88 Å². The van der Waals surface area contributed by atoms with Gasteiger partial charge in [0, 0.05) is 18.5 Å². The Morgan fingerprint density at radius 3 is 2.76 bits per heavy atom. The second kappa shape index (κ2) is 5.34. The van der Waals surface area contributed by atoms with Crippen LogP contribution >= 0.6 is 12.2 Å². The van der Waals surface area contributed by atoms with Crippen LogP contribution in [0.1, 0.15) is 17.7 Å². The second-order valence-corrected chi connectivity index (χ2v) is 4.47. The van der Waals surface area contributed by atoms with Crippen molar-refractivity contribution < 1.29 is 66.0 Å². The molecule has 5 nitrogen and oxygen atoms in total. The normalized spacial score (nSPS) is 20.9. The summed E-state index contributed by atoms with van der Waals surface area (Å²) in [4.78, 5) is 6.72. The maximum Gasteiger partial charge on any atom is 1.00 e. The average molecular weight is 278 g/mol. The number of fused-ring (bicyclic) bond motifs is 1. The number of ether oxygens (including phenoxy) is 2. The van der Waals surface area contributed by atoms with Crippen molar-refractivity contribution >= 4 is 12.2 Å². The fourth-order valence-electron chi connectivity index (χ4n) is 2.32. The molecule has 0 radical (unpaired) electrons. The molecule has 1 spiro atoms. The molecule has 2 heterocycles. The first-order chi connectivity index (χ1) is 7.69. The van der Waals surface area contributed by atoms with Gasteiger partial charge in [-0.3, -0.25) is 0 Å². The monoisotopic (exact) mass is 278 g/mol. The van der Waals surface area contributed by atoms with E-state index in [4.69, 9.17) is 21.7 Å². The van der Waals surface area contributed by atoms with Crippen molar-refractivity contribution in [1.29, 1.82) is 0 Å². The molecule has 1 aromatic heterocycles. The van der Waals surface area contributed by atoms with Crippen molar-refractivity contribution in [2.75, 3.05) is 13.2 Å². The van der Waals surface area contributed by atoms with Gasteiger partial charge in [-0.15, -0.1) is 0 Å². The number of H-pyrrole nitrogens is 1. The van der Waals surface area contributed by atoms with E-state index in [0.717, 1.165) is 12.1 Å². The Morgan fingerprint density at radius 2 is 2.06 bits per heavy atom. The largest absolute Gasteiger partial charge is 1.00 e. The minimum atomic E-state index is -0.593. The molecule has 86 valence electrons. The Balaban J connectivity index is 0.00000108. The number of aryl methyl sites for hydroxylation is 1. The van der Waals surface area contributed by atoms with Crippen molar-refractivity contribution in [2.45, 2.75) is 25.0 Å². The van der Waals surface area contributed by atoms with Gasteiger partial charge in [0.15, 0.2) is 10.6 Å². The third-order valence-electron chi connectivity index (χ3n) is 3.08. The minimum Gasteiger partial charge on any atom is -0.860 e. The Bertz CT molecular complexity index is 485. The Kier molecular flexibility index (Phi) is 4.42. The van der Waals surface area contributed by atoms with Gasteiger partial charge in [0.2, 0.25) is 0 Å². The van der Waals surface area contributed by atoms with Gasteiger partial charge in [-0.25, -0.2) is 4.98 Å². The molecule has 1 aromatic rings. The summed E-state index contributed by atoms with van der Waals surface area (Å²) < 4.78 is 11.4. The summed E-state index contributed by atoms with van der Waals surface area (Å²) in [6, 6.07) is 0. The third-order valence-corrected chi connectivity index (χ3v) is 3.28. The van der Waals surface area contributed by atoms with E-state index in [2.05, 4.69) is 9.97 Å².